The van der Waals surface area contributed by atoms with Crippen molar-refractivity contribution in [1.29, 1.82) is 0 Å². The SMILES string of the molecule is CNC(=O)c1c[nH]c2c(NCc3ccc(B(O)O)cc3)nc(C)nc12. The number of H-pyrrole nitrogens is 1. The quantitative estimate of drug-likeness (QED) is 0.414. The lowest BCUT2D eigenvalue weighted by Gasteiger charge is -2.09. The van der Waals surface area contributed by atoms with E-state index in [1.54, 1.807) is 44.4 Å². The molecule has 0 aliphatic carbocycles. The van der Waals surface area contributed by atoms with Gasteiger partial charge in [0.05, 0.1) is 5.56 Å². The van der Waals surface area contributed by atoms with Crippen LogP contribution in [-0.2, 0) is 6.54 Å². The molecule has 0 saturated carbocycles. The van der Waals surface area contributed by atoms with Crippen molar-refractivity contribution in [1.82, 2.24) is 20.3 Å². The number of fused-ring (bicyclic) bond motifs is 1. The van der Waals surface area contributed by atoms with Crippen molar-refractivity contribution >= 4 is 35.3 Å². The Morgan fingerprint density at radius 2 is 1.96 bits per heavy atom. The lowest BCUT2D eigenvalue weighted by Crippen LogP contribution is -2.29. The predicted octanol–water partition coefficient (Wildman–Crippen LogP) is -0.0822. The molecule has 3 aromatic rings. The van der Waals surface area contributed by atoms with Crippen LogP contribution in [0.15, 0.2) is 30.5 Å². The average molecular weight is 339 g/mol. The Morgan fingerprint density at radius 3 is 2.60 bits per heavy atom. The number of aryl methyl sites for hydroxylation is 1. The van der Waals surface area contributed by atoms with Gasteiger partial charge in [-0.25, -0.2) is 9.97 Å². The number of aromatic amines is 1. The Bertz CT molecular complexity index is 908. The molecule has 8 nitrogen and oxygen atoms in total. The minimum absolute atomic E-state index is 0.214. The molecule has 0 spiro atoms. The monoisotopic (exact) mass is 339 g/mol. The van der Waals surface area contributed by atoms with Crippen LogP contribution in [0.5, 0.6) is 0 Å². The molecule has 128 valence electrons. The topological polar surface area (TPSA) is 123 Å². The van der Waals surface area contributed by atoms with Crippen LogP contribution >= 0.6 is 0 Å². The van der Waals surface area contributed by atoms with E-state index in [0.717, 1.165) is 5.56 Å². The Labute approximate surface area is 144 Å². The zero-order valence-corrected chi connectivity index (χ0v) is 13.9. The smallest absolute Gasteiger partial charge is 0.423 e. The minimum Gasteiger partial charge on any atom is -0.423 e. The summed E-state index contributed by atoms with van der Waals surface area (Å²) in [4.78, 5) is 23.7. The number of carbonyl (C=O) groups is 1. The second kappa shape index (κ2) is 6.92. The van der Waals surface area contributed by atoms with E-state index in [1.165, 1.54) is 0 Å². The van der Waals surface area contributed by atoms with Gasteiger partial charge in [-0.05, 0) is 17.9 Å². The van der Waals surface area contributed by atoms with Gasteiger partial charge in [0.15, 0.2) is 5.82 Å². The van der Waals surface area contributed by atoms with Gasteiger partial charge in [0.25, 0.3) is 5.91 Å². The zero-order chi connectivity index (χ0) is 18.0. The number of anilines is 1. The Balaban J connectivity index is 1.86. The highest BCUT2D eigenvalue weighted by Crippen LogP contribution is 2.23. The van der Waals surface area contributed by atoms with E-state index < -0.39 is 7.12 Å². The molecule has 1 aromatic carbocycles. The normalized spacial score (nSPS) is 10.7. The average Bonchev–Trinajstić information content (AvgIpc) is 3.03. The molecule has 2 aromatic heterocycles. The van der Waals surface area contributed by atoms with Crippen LogP contribution in [0.3, 0.4) is 0 Å². The third-order valence-corrected chi connectivity index (χ3v) is 3.85. The Hall–Kier alpha value is -2.91. The van der Waals surface area contributed by atoms with E-state index in [-0.39, 0.29) is 5.91 Å². The summed E-state index contributed by atoms with van der Waals surface area (Å²) >= 11 is 0. The minimum atomic E-state index is -1.48. The van der Waals surface area contributed by atoms with Crippen LogP contribution in [0.25, 0.3) is 11.0 Å². The number of amides is 1. The summed E-state index contributed by atoms with van der Waals surface area (Å²) in [6.45, 7) is 2.25. The summed E-state index contributed by atoms with van der Waals surface area (Å²) in [7, 11) is 0.0923. The van der Waals surface area contributed by atoms with Gasteiger partial charge in [-0.2, -0.15) is 0 Å². The summed E-state index contributed by atoms with van der Waals surface area (Å²) in [5.41, 5.74) is 3.07. The molecule has 9 heteroatoms. The fourth-order valence-corrected chi connectivity index (χ4v) is 2.55. The van der Waals surface area contributed by atoms with E-state index >= 15 is 0 Å². The molecule has 0 aliphatic heterocycles. The van der Waals surface area contributed by atoms with E-state index in [0.29, 0.717) is 40.2 Å². The van der Waals surface area contributed by atoms with Gasteiger partial charge in [-0.3, -0.25) is 4.79 Å². The predicted molar refractivity (Wildman–Crippen MR) is 95.6 cm³/mol. The number of nitrogens with one attached hydrogen (secondary N) is 3. The lowest BCUT2D eigenvalue weighted by molar-refractivity contribution is 0.0964. The van der Waals surface area contributed by atoms with Crippen LogP contribution in [0.2, 0.25) is 0 Å². The molecule has 0 unspecified atom stereocenters. The zero-order valence-electron chi connectivity index (χ0n) is 13.9. The summed E-state index contributed by atoms with van der Waals surface area (Å²) in [6, 6.07) is 6.91. The molecule has 0 bridgehead atoms. The van der Waals surface area contributed by atoms with Crippen LogP contribution in [0.1, 0.15) is 21.7 Å². The number of hydrogen-bond acceptors (Lipinski definition) is 6. The van der Waals surface area contributed by atoms with Gasteiger partial charge in [-0.1, -0.05) is 24.3 Å². The number of aromatic nitrogens is 3. The van der Waals surface area contributed by atoms with E-state index in [4.69, 9.17) is 10.0 Å². The van der Waals surface area contributed by atoms with Crippen molar-refractivity contribution in [2.24, 2.45) is 0 Å². The highest BCUT2D eigenvalue weighted by Gasteiger charge is 2.16. The maximum absolute atomic E-state index is 11.9. The molecule has 3 rings (SSSR count). The summed E-state index contributed by atoms with van der Waals surface area (Å²) in [5.74, 6) is 0.941. The number of hydrogen-bond donors (Lipinski definition) is 5. The first-order valence-electron chi connectivity index (χ1n) is 7.76. The summed E-state index contributed by atoms with van der Waals surface area (Å²) < 4.78 is 0. The van der Waals surface area contributed by atoms with Crippen molar-refractivity contribution in [3.05, 3.63) is 47.4 Å². The molecule has 0 radical (unpaired) electrons. The van der Waals surface area contributed by atoms with Gasteiger partial charge in [0.1, 0.15) is 16.9 Å². The van der Waals surface area contributed by atoms with Crippen molar-refractivity contribution in [2.45, 2.75) is 13.5 Å². The summed E-state index contributed by atoms with van der Waals surface area (Å²) in [6.07, 6.45) is 1.61. The van der Waals surface area contributed by atoms with Crippen LogP contribution in [0.4, 0.5) is 5.82 Å². The number of rotatable bonds is 5. The first-order chi connectivity index (χ1) is 12.0. The van der Waals surface area contributed by atoms with Crippen molar-refractivity contribution in [3.8, 4) is 0 Å². The Kier molecular flexibility index (Phi) is 4.69. The van der Waals surface area contributed by atoms with Gasteiger partial charge in [-0.15, -0.1) is 0 Å². The molecule has 0 atom stereocenters. The molecule has 0 saturated heterocycles. The molecule has 25 heavy (non-hydrogen) atoms. The highest BCUT2D eigenvalue weighted by molar-refractivity contribution is 6.58. The lowest BCUT2D eigenvalue weighted by atomic mass is 9.80. The van der Waals surface area contributed by atoms with Gasteiger partial charge >= 0.3 is 7.12 Å². The molecule has 1 amide bonds. The largest absolute Gasteiger partial charge is 0.488 e. The number of nitrogens with zero attached hydrogens (tertiary/aromatic N) is 2. The maximum Gasteiger partial charge on any atom is 0.488 e. The van der Waals surface area contributed by atoms with Crippen LogP contribution < -0.4 is 16.1 Å². The number of carbonyl (C=O) groups excluding carboxylic acids is 1. The van der Waals surface area contributed by atoms with Gasteiger partial charge < -0.3 is 25.7 Å². The molecule has 0 aliphatic rings. The van der Waals surface area contributed by atoms with E-state index in [2.05, 4.69) is 25.6 Å². The second-order valence-corrected chi connectivity index (χ2v) is 5.59. The second-order valence-electron chi connectivity index (χ2n) is 5.59. The Morgan fingerprint density at radius 1 is 1.24 bits per heavy atom. The van der Waals surface area contributed by atoms with Crippen molar-refractivity contribution in [3.63, 3.8) is 0 Å². The maximum atomic E-state index is 11.9. The molecule has 0 fully saturated rings. The van der Waals surface area contributed by atoms with Crippen molar-refractivity contribution < 1.29 is 14.8 Å². The standard InChI is InChI=1S/C16H18BN5O3/c1-9-21-13-12(16(23)18-2)8-19-14(13)15(22-9)20-7-10-3-5-11(6-4-10)17(24)25/h3-6,8,19,24-25H,7H2,1-2H3,(H,18,23)(H,20,21,22). The number of benzene rings is 1. The highest BCUT2D eigenvalue weighted by atomic mass is 16.4. The molecule has 2 heterocycles. The van der Waals surface area contributed by atoms with Gasteiger partial charge in [0.2, 0.25) is 0 Å². The fraction of sp³-hybridized carbons (Fsp3) is 0.188. The molecule has 5 N–H and O–H groups in total. The molecular weight excluding hydrogens is 321 g/mol. The first kappa shape index (κ1) is 16.9. The summed E-state index contributed by atoms with van der Waals surface area (Å²) in [5, 5.41) is 24.1. The van der Waals surface area contributed by atoms with Crippen molar-refractivity contribution in [2.75, 3.05) is 12.4 Å². The van der Waals surface area contributed by atoms with Gasteiger partial charge in [0, 0.05) is 19.8 Å². The molecular formula is C16H18BN5O3. The third-order valence-electron chi connectivity index (χ3n) is 3.85. The first-order valence-corrected chi connectivity index (χ1v) is 7.76. The van der Waals surface area contributed by atoms with E-state index in [1.807, 2.05) is 0 Å². The van der Waals surface area contributed by atoms with E-state index in [9.17, 15) is 4.79 Å². The van der Waals surface area contributed by atoms with Crippen LogP contribution in [-0.4, -0.2) is 45.1 Å². The van der Waals surface area contributed by atoms with Crippen LogP contribution in [0, 0.1) is 6.92 Å². The third kappa shape index (κ3) is 3.47. The fourth-order valence-electron chi connectivity index (χ4n) is 2.55.